The van der Waals surface area contributed by atoms with Crippen LogP contribution in [0.25, 0.3) is 0 Å². The van der Waals surface area contributed by atoms with Crippen LogP contribution in [0.4, 0.5) is 0 Å². The lowest BCUT2D eigenvalue weighted by Gasteiger charge is -2.21. The summed E-state index contributed by atoms with van der Waals surface area (Å²) in [5.74, 6) is 0.0510. The van der Waals surface area contributed by atoms with Crippen molar-refractivity contribution >= 4 is 21.8 Å². The Balaban J connectivity index is 3.73. The predicted molar refractivity (Wildman–Crippen MR) is 68.4 cm³/mol. The van der Waals surface area contributed by atoms with Crippen LogP contribution >= 0.6 is 15.9 Å². The number of carbonyl (C=O) groups excluding carboxylic acids is 1. The standard InChI is InChI=1S/C11H23BrN2O/c1-5-8-14(6-2)9-7-13-10(15)11(3,4)12/h5-9H2,1-4H3,(H,13,15). The highest BCUT2D eigenvalue weighted by Gasteiger charge is 2.22. The smallest absolute Gasteiger partial charge is 0.236 e. The van der Waals surface area contributed by atoms with E-state index in [2.05, 4.69) is 40.0 Å². The van der Waals surface area contributed by atoms with Gasteiger partial charge in [-0.2, -0.15) is 0 Å². The fourth-order valence-corrected chi connectivity index (χ4v) is 1.42. The first-order valence-electron chi connectivity index (χ1n) is 5.61. The van der Waals surface area contributed by atoms with Crippen molar-refractivity contribution in [3.05, 3.63) is 0 Å². The number of hydrogen-bond acceptors (Lipinski definition) is 2. The molecule has 15 heavy (non-hydrogen) atoms. The molecule has 0 saturated heterocycles. The van der Waals surface area contributed by atoms with Gasteiger partial charge in [0.05, 0.1) is 4.32 Å². The van der Waals surface area contributed by atoms with Crippen LogP contribution in [0.5, 0.6) is 0 Å². The van der Waals surface area contributed by atoms with Crippen LogP contribution in [0.2, 0.25) is 0 Å². The Morgan fingerprint density at radius 1 is 1.33 bits per heavy atom. The number of nitrogens with one attached hydrogen (secondary N) is 1. The van der Waals surface area contributed by atoms with Crippen molar-refractivity contribution in [2.75, 3.05) is 26.2 Å². The van der Waals surface area contributed by atoms with E-state index in [1.54, 1.807) is 0 Å². The van der Waals surface area contributed by atoms with Gasteiger partial charge in [0.25, 0.3) is 0 Å². The molecule has 0 saturated carbocycles. The van der Waals surface area contributed by atoms with Crippen molar-refractivity contribution in [1.82, 2.24) is 10.2 Å². The quantitative estimate of drug-likeness (QED) is 0.723. The van der Waals surface area contributed by atoms with Gasteiger partial charge < -0.3 is 10.2 Å². The van der Waals surface area contributed by atoms with E-state index in [4.69, 9.17) is 0 Å². The van der Waals surface area contributed by atoms with Crippen LogP contribution in [0.3, 0.4) is 0 Å². The third kappa shape index (κ3) is 6.90. The summed E-state index contributed by atoms with van der Waals surface area (Å²) < 4.78 is -0.463. The van der Waals surface area contributed by atoms with Gasteiger partial charge in [-0.25, -0.2) is 0 Å². The summed E-state index contributed by atoms with van der Waals surface area (Å²) in [6.07, 6.45) is 1.16. The van der Waals surface area contributed by atoms with Crippen LogP contribution in [0.15, 0.2) is 0 Å². The molecule has 0 atom stereocenters. The van der Waals surface area contributed by atoms with Gasteiger partial charge in [0.15, 0.2) is 0 Å². The minimum atomic E-state index is -0.463. The van der Waals surface area contributed by atoms with Crippen LogP contribution in [0.1, 0.15) is 34.1 Å². The van der Waals surface area contributed by atoms with Crippen molar-refractivity contribution in [3.63, 3.8) is 0 Å². The maximum atomic E-state index is 11.5. The van der Waals surface area contributed by atoms with E-state index in [1.165, 1.54) is 0 Å². The van der Waals surface area contributed by atoms with Gasteiger partial charge in [-0.05, 0) is 33.4 Å². The van der Waals surface area contributed by atoms with Gasteiger partial charge in [0, 0.05) is 13.1 Å². The second-order valence-corrected chi connectivity index (χ2v) is 6.15. The zero-order valence-corrected chi connectivity index (χ0v) is 11.9. The highest BCUT2D eigenvalue weighted by Crippen LogP contribution is 2.14. The van der Waals surface area contributed by atoms with Gasteiger partial charge in [-0.15, -0.1) is 0 Å². The molecule has 0 heterocycles. The van der Waals surface area contributed by atoms with E-state index >= 15 is 0 Å². The zero-order valence-electron chi connectivity index (χ0n) is 10.3. The molecule has 0 spiro atoms. The second kappa shape index (κ2) is 7.23. The molecule has 3 nitrogen and oxygen atoms in total. The molecule has 0 aromatic carbocycles. The van der Waals surface area contributed by atoms with E-state index in [1.807, 2.05) is 13.8 Å². The highest BCUT2D eigenvalue weighted by molar-refractivity contribution is 9.10. The number of alkyl halides is 1. The highest BCUT2D eigenvalue weighted by atomic mass is 79.9. The Kier molecular flexibility index (Phi) is 7.18. The first-order chi connectivity index (χ1) is 6.91. The number of likely N-dealkylation sites (N-methyl/N-ethyl adjacent to an activating group) is 1. The summed E-state index contributed by atoms with van der Waals surface area (Å²) in [4.78, 5) is 13.9. The van der Waals surface area contributed by atoms with E-state index in [9.17, 15) is 4.79 Å². The van der Waals surface area contributed by atoms with Crippen molar-refractivity contribution < 1.29 is 4.79 Å². The molecule has 0 aromatic heterocycles. The van der Waals surface area contributed by atoms with E-state index in [-0.39, 0.29) is 5.91 Å². The third-order valence-electron chi connectivity index (χ3n) is 2.24. The Morgan fingerprint density at radius 3 is 2.33 bits per heavy atom. The lowest BCUT2D eigenvalue weighted by molar-refractivity contribution is -0.122. The molecule has 0 aliphatic rings. The van der Waals surface area contributed by atoms with Crippen LogP contribution < -0.4 is 5.32 Å². The average Bonchev–Trinajstić information content (AvgIpc) is 2.14. The summed E-state index contributed by atoms with van der Waals surface area (Å²) in [6.45, 7) is 11.8. The van der Waals surface area contributed by atoms with Crippen molar-refractivity contribution in [3.8, 4) is 0 Å². The largest absolute Gasteiger partial charge is 0.354 e. The Hall–Kier alpha value is -0.0900. The molecule has 0 radical (unpaired) electrons. The normalized spacial score (nSPS) is 11.9. The number of rotatable bonds is 7. The van der Waals surface area contributed by atoms with Crippen molar-refractivity contribution in [2.24, 2.45) is 0 Å². The first-order valence-corrected chi connectivity index (χ1v) is 6.40. The van der Waals surface area contributed by atoms with Crippen LogP contribution in [-0.4, -0.2) is 41.3 Å². The third-order valence-corrected chi connectivity index (χ3v) is 2.60. The monoisotopic (exact) mass is 278 g/mol. The summed E-state index contributed by atoms with van der Waals surface area (Å²) in [5, 5.41) is 2.92. The second-order valence-electron chi connectivity index (χ2n) is 4.16. The van der Waals surface area contributed by atoms with Crippen molar-refractivity contribution in [1.29, 1.82) is 0 Å². The number of nitrogens with zero attached hydrogens (tertiary/aromatic N) is 1. The zero-order chi connectivity index (χ0) is 11.9. The molecule has 0 rings (SSSR count). The molecular formula is C11H23BrN2O. The van der Waals surface area contributed by atoms with Gasteiger partial charge in [-0.1, -0.05) is 29.8 Å². The minimum absolute atomic E-state index is 0.0510. The summed E-state index contributed by atoms with van der Waals surface area (Å²) in [7, 11) is 0. The van der Waals surface area contributed by atoms with Gasteiger partial charge in [0.2, 0.25) is 5.91 Å². The van der Waals surface area contributed by atoms with Crippen LogP contribution in [-0.2, 0) is 4.79 Å². The summed E-state index contributed by atoms with van der Waals surface area (Å²) in [6, 6.07) is 0. The molecular weight excluding hydrogens is 256 g/mol. The molecule has 0 bridgehead atoms. The van der Waals surface area contributed by atoms with Gasteiger partial charge >= 0.3 is 0 Å². The topological polar surface area (TPSA) is 32.3 Å². The minimum Gasteiger partial charge on any atom is -0.354 e. The van der Waals surface area contributed by atoms with Crippen molar-refractivity contribution in [2.45, 2.75) is 38.4 Å². The maximum Gasteiger partial charge on any atom is 0.236 e. The molecule has 0 aliphatic carbocycles. The lowest BCUT2D eigenvalue weighted by Crippen LogP contribution is -2.41. The Labute approximate surface area is 102 Å². The first kappa shape index (κ1) is 14.9. The molecule has 4 heteroatoms. The number of amides is 1. The lowest BCUT2D eigenvalue weighted by atomic mass is 10.2. The summed E-state index contributed by atoms with van der Waals surface area (Å²) >= 11 is 3.33. The molecule has 0 unspecified atom stereocenters. The molecule has 0 aromatic rings. The van der Waals surface area contributed by atoms with Gasteiger partial charge in [0.1, 0.15) is 0 Å². The molecule has 0 aliphatic heterocycles. The number of carbonyl (C=O) groups is 1. The fourth-order valence-electron chi connectivity index (χ4n) is 1.28. The van der Waals surface area contributed by atoms with E-state index < -0.39 is 4.32 Å². The SMILES string of the molecule is CCCN(CC)CCNC(=O)C(C)(C)Br. The van der Waals surface area contributed by atoms with E-state index in [0.717, 1.165) is 32.6 Å². The molecule has 1 N–H and O–H groups in total. The molecule has 90 valence electrons. The Bertz CT molecular complexity index is 190. The predicted octanol–water partition coefficient (Wildman–Crippen LogP) is 2.01. The molecule has 1 amide bonds. The van der Waals surface area contributed by atoms with Crippen LogP contribution in [0, 0.1) is 0 Å². The molecule has 0 fully saturated rings. The maximum absolute atomic E-state index is 11.5. The van der Waals surface area contributed by atoms with Gasteiger partial charge in [-0.3, -0.25) is 4.79 Å². The summed E-state index contributed by atoms with van der Waals surface area (Å²) in [5.41, 5.74) is 0. The van der Waals surface area contributed by atoms with E-state index in [0.29, 0.717) is 0 Å². The number of hydrogen-bond donors (Lipinski definition) is 1. The average molecular weight is 279 g/mol. The fraction of sp³-hybridized carbons (Fsp3) is 0.909. The number of halogens is 1. The Morgan fingerprint density at radius 2 is 1.93 bits per heavy atom.